The van der Waals surface area contributed by atoms with Crippen LogP contribution >= 0.6 is 0 Å². The lowest BCUT2D eigenvalue weighted by atomic mass is 10.1. The maximum Gasteiger partial charge on any atom is 0.159 e. The monoisotopic (exact) mass is 217 g/mol. The minimum atomic E-state index is -0.00315. The predicted octanol–water partition coefficient (Wildman–Crippen LogP) is 1.15. The Morgan fingerprint density at radius 2 is 2.13 bits per heavy atom. The topological polar surface area (TPSA) is 39.7 Å². The molecule has 1 heterocycles. The molecule has 90 valence electrons. The van der Waals surface area contributed by atoms with Crippen LogP contribution in [-0.4, -0.2) is 45.8 Å². The zero-order chi connectivity index (χ0) is 10.9. The Kier molecular flexibility index (Phi) is 6.92. The third-order valence-corrected chi connectivity index (χ3v) is 2.56. The molecule has 1 rings (SSSR count). The Balaban J connectivity index is 2.16. The summed E-state index contributed by atoms with van der Waals surface area (Å²) in [5.74, 6) is 0. The first-order valence-corrected chi connectivity index (χ1v) is 5.82. The zero-order valence-corrected chi connectivity index (χ0v) is 9.83. The molecule has 1 atom stereocenters. The molecule has 0 saturated carbocycles. The lowest BCUT2D eigenvalue weighted by Crippen LogP contribution is -2.33. The molecule has 0 bridgehead atoms. The lowest BCUT2D eigenvalue weighted by Gasteiger charge is -2.20. The maximum atomic E-state index is 5.44. The summed E-state index contributed by atoms with van der Waals surface area (Å²) in [7, 11) is 1.74. The van der Waals surface area contributed by atoms with Crippen molar-refractivity contribution in [2.75, 3.05) is 33.5 Å². The highest BCUT2D eigenvalue weighted by Crippen LogP contribution is 2.13. The molecular weight excluding hydrogens is 194 g/mol. The average Bonchev–Trinajstić information content (AvgIpc) is 2.71. The Hall–Kier alpha value is -0.160. The molecule has 15 heavy (non-hydrogen) atoms. The van der Waals surface area contributed by atoms with Gasteiger partial charge in [0, 0.05) is 26.2 Å². The standard InChI is InChI=1S/C11H23NO3/c1-3-12-10(5-4-6-13-2)9-11-14-7-8-15-11/h10-12H,3-9H2,1-2H3. The van der Waals surface area contributed by atoms with Crippen LogP contribution in [0.2, 0.25) is 0 Å². The van der Waals surface area contributed by atoms with E-state index in [0.29, 0.717) is 6.04 Å². The molecule has 1 saturated heterocycles. The largest absolute Gasteiger partial charge is 0.385 e. The normalized spacial score (nSPS) is 19.6. The number of ether oxygens (including phenoxy) is 3. The quantitative estimate of drug-likeness (QED) is 0.619. The molecule has 4 heteroatoms. The van der Waals surface area contributed by atoms with Gasteiger partial charge in [0.05, 0.1) is 13.2 Å². The number of hydrogen-bond donors (Lipinski definition) is 1. The summed E-state index contributed by atoms with van der Waals surface area (Å²) in [5, 5.41) is 3.45. The van der Waals surface area contributed by atoms with Gasteiger partial charge in [-0.2, -0.15) is 0 Å². The van der Waals surface area contributed by atoms with Crippen LogP contribution in [0.25, 0.3) is 0 Å². The first-order chi connectivity index (χ1) is 7.36. The average molecular weight is 217 g/mol. The highest BCUT2D eigenvalue weighted by atomic mass is 16.7. The van der Waals surface area contributed by atoms with E-state index in [-0.39, 0.29) is 6.29 Å². The molecule has 0 spiro atoms. The highest BCUT2D eigenvalue weighted by molar-refractivity contribution is 4.69. The zero-order valence-electron chi connectivity index (χ0n) is 9.83. The Morgan fingerprint density at radius 3 is 2.73 bits per heavy atom. The van der Waals surface area contributed by atoms with Gasteiger partial charge in [-0.15, -0.1) is 0 Å². The van der Waals surface area contributed by atoms with E-state index >= 15 is 0 Å². The number of rotatable bonds is 8. The minimum absolute atomic E-state index is 0.00315. The molecule has 0 amide bonds. The van der Waals surface area contributed by atoms with Crippen LogP contribution in [0.3, 0.4) is 0 Å². The second-order valence-corrected chi connectivity index (χ2v) is 3.80. The number of methoxy groups -OCH3 is 1. The Morgan fingerprint density at radius 1 is 1.40 bits per heavy atom. The lowest BCUT2D eigenvalue weighted by molar-refractivity contribution is -0.0534. The van der Waals surface area contributed by atoms with Gasteiger partial charge in [0.2, 0.25) is 0 Å². The van der Waals surface area contributed by atoms with Crippen molar-refractivity contribution >= 4 is 0 Å². The second-order valence-electron chi connectivity index (χ2n) is 3.80. The van der Waals surface area contributed by atoms with Gasteiger partial charge in [-0.05, 0) is 19.4 Å². The molecule has 1 fully saturated rings. The molecule has 1 aliphatic heterocycles. The molecule has 1 aliphatic rings. The molecule has 1 N–H and O–H groups in total. The van der Waals surface area contributed by atoms with Gasteiger partial charge in [-0.1, -0.05) is 6.92 Å². The fourth-order valence-electron chi connectivity index (χ4n) is 1.84. The van der Waals surface area contributed by atoms with E-state index in [1.54, 1.807) is 7.11 Å². The fourth-order valence-corrected chi connectivity index (χ4v) is 1.84. The summed E-state index contributed by atoms with van der Waals surface area (Å²) in [5.41, 5.74) is 0. The Labute approximate surface area is 92.3 Å². The third-order valence-electron chi connectivity index (χ3n) is 2.56. The summed E-state index contributed by atoms with van der Waals surface area (Å²) < 4.78 is 15.9. The fraction of sp³-hybridized carbons (Fsp3) is 1.00. The van der Waals surface area contributed by atoms with E-state index in [2.05, 4.69) is 12.2 Å². The van der Waals surface area contributed by atoms with E-state index in [4.69, 9.17) is 14.2 Å². The van der Waals surface area contributed by atoms with Crippen LogP contribution in [-0.2, 0) is 14.2 Å². The van der Waals surface area contributed by atoms with Crippen LogP contribution in [0.1, 0.15) is 26.2 Å². The summed E-state index contributed by atoms with van der Waals surface area (Å²) in [6.45, 7) is 5.42. The Bertz CT molecular complexity index is 149. The first-order valence-electron chi connectivity index (χ1n) is 5.82. The van der Waals surface area contributed by atoms with Gasteiger partial charge >= 0.3 is 0 Å². The summed E-state index contributed by atoms with van der Waals surface area (Å²) in [6, 6.07) is 0.480. The third kappa shape index (κ3) is 5.47. The molecule has 0 aromatic carbocycles. The van der Waals surface area contributed by atoms with Crippen molar-refractivity contribution in [1.82, 2.24) is 5.32 Å². The number of hydrogen-bond acceptors (Lipinski definition) is 4. The maximum absolute atomic E-state index is 5.44. The highest BCUT2D eigenvalue weighted by Gasteiger charge is 2.20. The SMILES string of the molecule is CCNC(CCCOC)CC1OCCO1. The predicted molar refractivity (Wildman–Crippen MR) is 58.9 cm³/mol. The van der Waals surface area contributed by atoms with Gasteiger partial charge in [0.15, 0.2) is 6.29 Å². The van der Waals surface area contributed by atoms with Crippen LogP contribution in [0.5, 0.6) is 0 Å². The molecule has 0 radical (unpaired) electrons. The van der Waals surface area contributed by atoms with Crippen molar-refractivity contribution in [3.05, 3.63) is 0 Å². The summed E-state index contributed by atoms with van der Waals surface area (Å²) >= 11 is 0. The second kappa shape index (κ2) is 8.05. The van der Waals surface area contributed by atoms with Crippen molar-refractivity contribution in [1.29, 1.82) is 0 Å². The van der Waals surface area contributed by atoms with E-state index in [1.807, 2.05) is 0 Å². The van der Waals surface area contributed by atoms with Gasteiger partial charge in [-0.25, -0.2) is 0 Å². The summed E-state index contributed by atoms with van der Waals surface area (Å²) in [4.78, 5) is 0. The molecule has 0 aromatic heterocycles. The van der Waals surface area contributed by atoms with E-state index in [1.165, 1.54) is 0 Å². The van der Waals surface area contributed by atoms with Gasteiger partial charge in [0.25, 0.3) is 0 Å². The smallest absolute Gasteiger partial charge is 0.159 e. The molecule has 0 aliphatic carbocycles. The van der Waals surface area contributed by atoms with Crippen molar-refractivity contribution in [3.8, 4) is 0 Å². The molecule has 1 unspecified atom stereocenters. The van der Waals surface area contributed by atoms with E-state index in [0.717, 1.165) is 45.6 Å². The van der Waals surface area contributed by atoms with Gasteiger partial charge in [0.1, 0.15) is 0 Å². The van der Waals surface area contributed by atoms with Crippen LogP contribution in [0.15, 0.2) is 0 Å². The molecule has 4 nitrogen and oxygen atoms in total. The van der Waals surface area contributed by atoms with Crippen molar-refractivity contribution in [3.63, 3.8) is 0 Å². The molecular formula is C11H23NO3. The van der Waals surface area contributed by atoms with Crippen molar-refractivity contribution < 1.29 is 14.2 Å². The first kappa shape index (κ1) is 12.9. The number of nitrogens with one attached hydrogen (secondary N) is 1. The van der Waals surface area contributed by atoms with Crippen LogP contribution in [0.4, 0.5) is 0 Å². The summed E-state index contributed by atoms with van der Waals surface area (Å²) in [6.07, 6.45) is 3.14. The van der Waals surface area contributed by atoms with Gasteiger partial charge < -0.3 is 19.5 Å². The minimum Gasteiger partial charge on any atom is -0.385 e. The van der Waals surface area contributed by atoms with E-state index in [9.17, 15) is 0 Å². The van der Waals surface area contributed by atoms with Crippen LogP contribution < -0.4 is 5.32 Å². The van der Waals surface area contributed by atoms with Gasteiger partial charge in [-0.3, -0.25) is 0 Å². The van der Waals surface area contributed by atoms with E-state index < -0.39 is 0 Å². The van der Waals surface area contributed by atoms with Crippen molar-refractivity contribution in [2.24, 2.45) is 0 Å². The molecule has 0 aromatic rings. The van der Waals surface area contributed by atoms with Crippen LogP contribution in [0, 0.1) is 0 Å². The van der Waals surface area contributed by atoms with Crippen molar-refractivity contribution in [2.45, 2.75) is 38.5 Å².